The molecular formula is C19H24N2O2. The molecule has 1 aliphatic heterocycles. The van der Waals surface area contributed by atoms with Crippen molar-refractivity contribution in [3.8, 4) is 0 Å². The van der Waals surface area contributed by atoms with E-state index in [2.05, 4.69) is 29.6 Å². The Morgan fingerprint density at radius 1 is 1.17 bits per heavy atom. The third-order valence-electron chi connectivity index (χ3n) is 4.66. The Bertz CT molecular complexity index is 664. The van der Waals surface area contributed by atoms with Gasteiger partial charge in [0.1, 0.15) is 0 Å². The fourth-order valence-electron chi connectivity index (χ4n) is 3.44. The lowest BCUT2D eigenvalue weighted by molar-refractivity contribution is 0.131. The number of hydrogen-bond donors (Lipinski definition) is 2. The molecule has 4 heteroatoms. The van der Waals surface area contributed by atoms with E-state index in [0.29, 0.717) is 13.0 Å². The van der Waals surface area contributed by atoms with Crippen molar-refractivity contribution in [1.82, 2.24) is 10.2 Å². The fourth-order valence-corrected chi connectivity index (χ4v) is 3.44. The molecule has 0 aromatic heterocycles. The zero-order valence-electron chi connectivity index (χ0n) is 13.4. The molecule has 1 heterocycles. The number of nitrogens with zero attached hydrogens (tertiary/aromatic N) is 1. The number of nitrogens with one attached hydrogen (secondary N) is 1. The van der Waals surface area contributed by atoms with Gasteiger partial charge < -0.3 is 15.3 Å². The first-order valence-electron chi connectivity index (χ1n) is 8.41. The molecule has 0 bridgehead atoms. The lowest BCUT2D eigenvalue weighted by Gasteiger charge is -2.35. The minimum atomic E-state index is -0.0175. The van der Waals surface area contributed by atoms with Crippen molar-refractivity contribution < 1.29 is 9.90 Å². The van der Waals surface area contributed by atoms with E-state index in [1.807, 2.05) is 23.1 Å². The summed E-state index contributed by atoms with van der Waals surface area (Å²) < 4.78 is 0. The van der Waals surface area contributed by atoms with Crippen LogP contribution in [-0.4, -0.2) is 35.2 Å². The van der Waals surface area contributed by atoms with E-state index in [9.17, 15) is 9.90 Å². The Kier molecular flexibility index (Phi) is 5.13. The van der Waals surface area contributed by atoms with E-state index in [1.165, 1.54) is 10.8 Å². The Labute approximate surface area is 137 Å². The number of benzene rings is 2. The molecule has 2 amide bonds. The van der Waals surface area contributed by atoms with Crippen molar-refractivity contribution in [3.05, 3.63) is 48.0 Å². The van der Waals surface area contributed by atoms with E-state index in [0.717, 1.165) is 31.4 Å². The predicted molar refractivity (Wildman–Crippen MR) is 92.2 cm³/mol. The van der Waals surface area contributed by atoms with Gasteiger partial charge in [0.2, 0.25) is 0 Å². The molecule has 2 aromatic rings. The van der Waals surface area contributed by atoms with Gasteiger partial charge in [0.25, 0.3) is 0 Å². The van der Waals surface area contributed by atoms with Gasteiger partial charge in [-0.25, -0.2) is 4.79 Å². The monoisotopic (exact) mass is 312 g/mol. The summed E-state index contributed by atoms with van der Waals surface area (Å²) in [5, 5.41) is 14.6. The first-order valence-corrected chi connectivity index (χ1v) is 8.41. The van der Waals surface area contributed by atoms with E-state index < -0.39 is 0 Å². The first-order chi connectivity index (χ1) is 11.3. The third kappa shape index (κ3) is 3.64. The van der Waals surface area contributed by atoms with Crippen molar-refractivity contribution in [1.29, 1.82) is 0 Å². The van der Waals surface area contributed by atoms with E-state index >= 15 is 0 Å². The van der Waals surface area contributed by atoms with Gasteiger partial charge in [-0.05, 0) is 42.0 Å². The molecule has 1 aliphatic rings. The molecule has 2 N–H and O–H groups in total. The average molecular weight is 312 g/mol. The van der Waals surface area contributed by atoms with Gasteiger partial charge in [-0.15, -0.1) is 0 Å². The number of carbonyl (C=O) groups excluding carboxylic acids is 1. The lowest BCUT2D eigenvalue weighted by atomic mass is 10.00. The highest BCUT2D eigenvalue weighted by molar-refractivity contribution is 5.86. The molecule has 122 valence electrons. The molecular weight excluding hydrogens is 288 g/mol. The summed E-state index contributed by atoms with van der Waals surface area (Å²) in [4.78, 5) is 14.4. The molecule has 0 saturated carbocycles. The summed E-state index contributed by atoms with van der Waals surface area (Å²) in [6, 6.07) is 14.5. The third-order valence-corrected chi connectivity index (χ3v) is 4.66. The molecule has 23 heavy (non-hydrogen) atoms. The molecule has 0 spiro atoms. The van der Waals surface area contributed by atoms with Gasteiger partial charge in [-0.1, -0.05) is 42.5 Å². The van der Waals surface area contributed by atoms with Crippen LogP contribution in [0.25, 0.3) is 10.8 Å². The van der Waals surface area contributed by atoms with Crippen LogP contribution in [0.5, 0.6) is 0 Å². The molecule has 0 aliphatic carbocycles. The summed E-state index contributed by atoms with van der Waals surface area (Å²) in [5.41, 5.74) is 1.13. The summed E-state index contributed by atoms with van der Waals surface area (Å²) in [6.45, 7) is 1.45. The van der Waals surface area contributed by atoms with Crippen LogP contribution in [0.2, 0.25) is 0 Å². The maximum Gasteiger partial charge on any atom is 0.317 e. The minimum absolute atomic E-state index is 0.0175. The van der Waals surface area contributed by atoms with Crippen LogP contribution < -0.4 is 5.32 Å². The van der Waals surface area contributed by atoms with Crippen LogP contribution in [0.15, 0.2) is 42.5 Å². The Hall–Kier alpha value is -2.07. The second kappa shape index (κ2) is 7.47. The molecule has 3 rings (SSSR count). The highest BCUT2D eigenvalue weighted by Crippen LogP contribution is 2.21. The molecule has 4 nitrogen and oxygen atoms in total. The maximum atomic E-state index is 12.5. The zero-order chi connectivity index (χ0) is 16.1. The number of likely N-dealkylation sites (tertiary alicyclic amines) is 1. The second-order valence-electron chi connectivity index (χ2n) is 6.15. The van der Waals surface area contributed by atoms with Gasteiger partial charge in [0, 0.05) is 25.7 Å². The highest BCUT2D eigenvalue weighted by Gasteiger charge is 2.25. The standard InChI is InChI=1S/C19H24N2O2/c22-13-11-17-9-3-4-12-21(17)19(23)20-14-16-8-5-7-15-6-1-2-10-18(15)16/h1-2,5-8,10,17,22H,3-4,9,11-14H2,(H,20,23). The number of fused-ring (bicyclic) bond motifs is 1. The topological polar surface area (TPSA) is 52.6 Å². The van der Waals surface area contributed by atoms with Crippen LogP contribution in [0.3, 0.4) is 0 Å². The molecule has 1 saturated heterocycles. The fraction of sp³-hybridized carbons (Fsp3) is 0.421. The number of piperidine rings is 1. The van der Waals surface area contributed by atoms with Gasteiger partial charge in [0.15, 0.2) is 0 Å². The highest BCUT2D eigenvalue weighted by atomic mass is 16.3. The summed E-state index contributed by atoms with van der Waals surface area (Å²) in [6.07, 6.45) is 3.84. The number of rotatable bonds is 4. The Balaban J connectivity index is 1.68. The van der Waals surface area contributed by atoms with Crippen molar-refractivity contribution in [2.75, 3.05) is 13.2 Å². The maximum absolute atomic E-state index is 12.5. The SMILES string of the molecule is O=C(NCc1cccc2ccccc12)N1CCCCC1CCO. The van der Waals surface area contributed by atoms with Crippen LogP contribution >= 0.6 is 0 Å². The largest absolute Gasteiger partial charge is 0.396 e. The Morgan fingerprint density at radius 2 is 2.00 bits per heavy atom. The quantitative estimate of drug-likeness (QED) is 0.910. The van der Waals surface area contributed by atoms with Crippen LogP contribution in [0.4, 0.5) is 4.79 Å². The van der Waals surface area contributed by atoms with Crippen LogP contribution in [-0.2, 0) is 6.54 Å². The molecule has 0 radical (unpaired) electrons. The van der Waals surface area contributed by atoms with Gasteiger partial charge in [0.05, 0.1) is 0 Å². The number of aliphatic hydroxyl groups excluding tert-OH is 1. The van der Waals surface area contributed by atoms with E-state index in [1.54, 1.807) is 0 Å². The summed E-state index contributed by atoms with van der Waals surface area (Å²) >= 11 is 0. The summed E-state index contributed by atoms with van der Waals surface area (Å²) in [7, 11) is 0. The second-order valence-corrected chi connectivity index (χ2v) is 6.15. The van der Waals surface area contributed by atoms with Crippen molar-refractivity contribution in [2.45, 2.75) is 38.3 Å². The predicted octanol–water partition coefficient (Wildman–Crippen LogP) is 3.29. The summed E-state index contributed by atoms with van der Waals surface area (Å²) in [5.74, 6) is 0. The van der Waals surface area contributed by atoms with Crippen LogP contribution in [0, 0.1) is 0 Å². The van der Waals surface area contributed by atoms with Crippen LogP contribution in [0.1, 0.15) is 31.2 Å². The molecule has 1 unspecified atom stereocenters. The van der Waals surface area contributed by atoms with E-state index in [4.69, 9.17) is 0 Å². The van der Waals surface area contributed by atoms with E-state index in [-0.39, 0.29) is 18.7 Å². The van der Waals surface area contributed by atoms with Crippen molar-refractivity contribution in [2.24, 2.45) is 0 Å². The van der Waals surface area contributed by atoms with Gasteiger partial charge in [-0.3, -0.25) is 0 Å². The van der Waals surface area contributed by atoms with Crippen molar-refractivity contribution in [3.63, 3.8) is 0 Å². The average Bonchev–Trinajstić information content (AvgIpc) is 2.60. The normalized spacial score (nSPS) is 18.1. The number of urea groups is 1. The Morgan fingerprint density at radius 3 is 2.87 bits per heavy atom. The minimum Gasteiger partial charge on any atom is -0.396 e. The molecule has 2 aromatic carbocycles. The zero-order valence-corrected chi connectivity index (χ0v) is 13.4. The molecule has 1 atom stereocenters. The number of carbonyl (C=O) groups is 1. The van der Waals surface area contributed by atoms with Crippen molar-refractivity contribution >= 4 is 16.8 Å². The smallest absolute Gasteiger partial charge is 0.317 e. The number of aliphatic hydroxyl groups is 1. The number of hydrogen-bond acceptors (Lipinski definition) is 2. The molecule has 1 fully saturated rings. The number of amides is 2. The first kappa shape index (κ1) is 15.8. The van der Waals surface area contributed by atoms with Gasteiger partial charge in [-0.2, -0.15) is 0 Å². The van der Waals surface area contributed by atoms with Gasteiger partial charge >= 0.3 is 6.03 Å². The lowest BCUT2D eigenvalue weighted by Crippen LogP contribution is -2.48.